The highest BCUT2D eigenvalue weighted by molar-refractivity contribution is 5.92. The van der Waals surface area contributed by atoms with Crippen molar-refractivity contribution in [1.82, 2.24) is 4.98 Å². The van der Waals surface area contributed by atoms with Crippen LogP contribution in [0.4, 0.5) is 0 Å². The van der Waals surface area contributed by atoms with E-state index in [9.17, 15) is 0 Å². The van der Waals surface area contributed by atoms with E-state index in [4.69, 9.17) is 11.1 Å². The molecule has 0 unspecified atom stereocenters. The van der Waals surface area contributed by atoms with E-state index in [1.807, 2.05) is 12.1 Å². The Bertz CT molecular complexity index is 260. The summed E-state index contributed by atoms with van der Waals surface area (Å²) < 4.78 is 0. The minimum atomic E-state index is 0. The summed E-state index contributed by atoms with van der Waals surface area (Å²) in [7, 11) is 0. The number of halogens is 2. The van der Waals surface area contributed by atoms with Gasteiger partial charge in [0.15, 0.2) is 0 Å². The SMILES string of the molecule is NC(=[NH2+])c1ccc(C[NH3+])nc1.[Cl-].[Cl-]. The van der Waals surface area contributed by atoms with Gasteiger partial charge >= 0.3 is 0 Å². The summed E-state index contributed by atoms with van der Waals surface area (Å²) in [5.41, 5.74) is 10.7. The molecule has 0 saturated carbocycles. The molecule has 6 heteroatoms. The highest BCUT2D eigenvalue weighted by Gasteiger charge is 2.00. The minimum Gasteiger partial charge on any atom is -1.00 e. The van der Waals surface area contributed by atoms with Gasteiger partial charge < -0.3 is 30.5 Å². The third-order valence-electron chi connectivity index (χ3n) is 1.41. The van der Waals surface area contributed by atoms with Gasteiger partial charge in [0, 0.05) is 6.20 Å². The number of nitrogens with zero attached hydrogens (tertiary/aromatic N) is 1. The third kappa shape index (κ3) is 4.07. The van der Waals surface area contributed by atoms with Gasteiger partial charge in [-0.1, -0.05) is 0 Å². The highest BCUT2D eigenvalue weighted by Crippen LogP contribution is 1.96. The van der Waals surface area contributed by atoms with Crippen molar-refractivity contribution in [3.8, 4) is 0 Å². The fourth-order valence-corrected chi connectivity index (χ4v) is 0.743. The van der Waals surface area contributed by atoms with Crippen molar-refractivity contribution in [1.29, 1.82) is 0 Å². The molecule has 0 aliphatic carbocycles. The van der Waals surface area contributed by atoms with Gasteiger partial charge in [0.1, 0.15) is 6.54 Å². The maximum atomic E-state index is 5.34. The van der Waals surface area contributed by atoms with Crippen LogP contribution in [0, 0.1) is 0 Å². The number of hydrogen-bond donors (Lipinski definition) is 3. The van der Waals surface area contributed by atoms with Gasteiger partial charge in [0.2, 0.25) is 0 Å². The molecule has 0 amide bonds. The Morgan fingerprint density at radius 3 is 2.38 bits per heavy atom. The maximum Gasteiger partial charge on any atom is 0.272 e. The Hall–Kier alpha value is -0.840. The summed E-state index contributed by atoms with van der Waals surface area (Å²) in [6.07, 6.45) is 1.65. The molecule has 74 valence electrons. The summed E-state index contributed by atoms with van der Waals surface area (Å²) in [4.78, 5) is 4.08. The number of quaternary nitrogens is 1. The zero-order valence-electron chi connectivity index (χ0n) is 7.00. The number of aromatic nitrogens is 1. The highest BCUT2D eigenvalue weighted by atomic mass is 35.5. The predicted octanol–water partition coefficient (Wildman–Crippen LogP) is -8.70. The van der Waals surface area contributed by atoms with Gasteiger partial charge in [-0.2, -0.15) is 0 Å². The molecule has 0 saturated heterocycles. The Morgan fingerprint density at radius 1 is 1.46 bits per heavy atom. The average Bonchev–Trinajstić information content (AvgIpc) is 2.05. The first kappa shape index (κ1) is 14.7. The smallest absolute Gasteiger partial charge is 0.272 e. The van der Waals surface area contributed by atoms with E-state index in [-0.39, 0.29) is 24.8 Å². The number of amidine groups is 1. The topological polar surface area (TPSA) is 92.1 Å². The van der Waals surface area contributed by atoms with Crippen LogP contribution in [-0.4, -0.2) is 10.8 Å². The molecule has 1 heterocycles. The van der Waals surface area contributed by atoms with Gasteiger partial charge in [0.25, 0.3) is 5.84 Å². The number of nitrogens with two attached hydrogens (primary N) is 2. The zero-order valence-corrected chi connectivity index (χ0v) is 8.52. The van der Waals surface area contributed by atoms with E-state index in [2.05, 4.69) is 10.7 Å². The first-order chi connectivity index (χ1) is 5.24. The Kier molecular flexibility index (Phi) is 7.51. The molecule has 1 aromatic heterocycles. The Morgan fingerprint density at radius 2 is 2.08 bits per heavy atom. The van der Waals surface area contributed by atoms with E-state index in [0.29, 0.717) is 12.4 Å². The molecular weight excluding hydrogens is 211 g/mol. The zero-order chi connectivity index (χ0) is 8.27. The monoisotopic (exact) mass is 222 g/mol. The van der Waals surface area contributed by atoms with Crippen LogP contribution in [0.1, 0.15) is 11.3 Å². The van der Waals surface area contributed by atoms with E-state index >= 15 is 0 Å². The average molecular weight is 223 g/mol. The molecule has 0 atom stereocenters. The van der Waals surface area contributed by atoms with Gasteiger partial charge in [-0.25, -0.2) is 0 Å². The summed E-state index contributed by atoms with van der Waals surface area (Å²) >= 11 is 0. The molecule has 0 aromatic carbocycles. The summed E-state index contributed by atoms with van der Waals surface area (Å²) in [5, 5.41) is 5.34. The second-order valence-corrected chi connectivity index (χ2v) is 2.24. The van der Waals surface area contributed by atoms with E-state index < -0.39 is 0 Å². The van der Waals surface area contributed by atoms with E-state index in [1.54, 1.807) is 6.20 Å². The molecule has 1 rings (SSSR count). The van der Waals surface area contributed by atoms with Gasteiger partial charge in [-0.05, 0) is 12.1 Å². The fraction of sp³-hybridized carbons (Fsp3) is 0.143. The quantitative estimate of drug-likeness (QED) is 0.343. The fourth-order valence-electron chi connectivity index (χ4n) is 0.743. The molecule has 13 heavy (non-hydrogen) atoms. The lowest BCUT2D eigenvalue weighted by Gasteiger charge is -1.93. The van der Waals surface area contributed by atoms with Crippen LogP contribution < -0.4 is 41.7 Å². The van der Waals surface area contributed by atoms with Crippen LogP contribution in [0.5, 0.6) is 0 Å². The van der Waals surface area contributed by atoms with Gasteiger partial charge in [0.05, 0.1) is 11.3 Å². The number of pyridine rings is 1. The Labute approximate surface area is 89.1 Å². The Balaban J connectivity index is 0. The predicted molar refractivity (Wildman–Crippen MR) is 41.1 cm³/mol. The van der Waals surface area contributed by atoms with Crippen LogP contribution in [-0.2, 0) is 6.54 Å². The lowest BCUT2D eigenvalue weighted by atomic mass is 10.2. The molecule has 0 bridgehead atoms. The van der Waals surface area contributed by atoms with Crippen LogP contribution in [0.25, 0.3) is 0 Å². The lowest BCUT2D eigenvalue weighted by molar-refractivity contribution is -0.387. The van der Waals surface area contributed by atoms with Crippen molar-refractivity contribution in [2.24, 2.45) is 5.73 Å². The maximum absolute atomic E-state index is 5.34. The number of hydrogen-bond acceptors (Lipinski definition) is 1. The second-order valence-electron chi connectivity index (χ2n) is 2.24. The molecule has 0 aliphatic rings. The first-order valence-electron chi connectivity index (χ1n) is 3.36. The van der Waals surface area contributed by atoms with Crippen LogP contribution in [0.2, 0.25) is 0 Å². The second kappa shape index (κ2) is 6.65. The lowest BCUT2D eigenvalue weighted by Crippen LogP contribution is -3.00. The van der Waals surface area contributed by atoms with Crippen molar-refractivity contribution in [2.45, 2.75) is 6.54 Å². The van der Waals surface area contributed by atoms with Crippen LogP contribution >= 0.6 is 0 Å². The third-order valence-corrected chi connectivity index (χ3v) is 1.41. The molecule has 0 fully saturated rings. The normalized spacial score (nSPS) is 8.08. The largest absolute Gasteiger partial charge is 1.00 e. The van der Waals surface area contributed by atoms with Crippen molar-refractivity contribution in [3.05, 3.63) is 29.6 Å². The summed E-state index contributed by atoms with van der Waals surface area (Å²) in [5.74, 6) is 0.299. The van der Waals surface area contributed by atoms with Crippen molar-refractivity contribution < 1.29 is 36.0 Å². The molecule has 0 radical (unpaired) electrons. The van der Waals surface area contributed by atoms with Crippen LogP contribution in [0.3, 0.4) is 0 Å². The van der Waals surface area contributed by atoms with E-state index in [1.165, 1.54) is 0 Å². The van der Waals surface area contributed by atoms with Crippen LogP contribution in [0.15, 0.2) is 18.3 Å². The van der Waals surface area contributed by atoms with E-state index in [0.717, 1.165) is 11.3 Å². The minimum absolute atomic E-state index is 0. The summed E-state index contributed by atoms with van der Waals surface area (Å²) in [6, 6.07) is 3.70. The van der Waals surface area contributed by atoms with Crippen molar-refractivity contribution in [3.63, 3.8) is 0 Å². The standard InChI is InChI=1S/C7H10N4.2ClH/c8-3-6-2-1-5(4-11-6)7(9)10;;/h1-2,4H,3,8H2,(H3,9,10);2*1H. The summed E-state index contributed by atoms with van der Waals surface area (Å²) in [6.45, 7) is 0.685. The molecule has 0 aliphatic heterocycles. The number of rotatable bonds is 2. The first-order valence-corrected chi connectivity index (χ1v) is 3.36. The molecule has 1 aromatic rings. The van der Waals surface area contributed by atoms with Gasteiger partial charge in [-0.3, -0.25) is 16.1 Å². The van der Waals surface area contributed by atoms with Crippen molar-refractivity contribution in [2.75, 3.05) is 0 Å². The molecular formula is C7H12Cl2N4. The molecule has 0 spiro atoms. The van der Waals surface area contributed by atoms with Crippen molar-refractivity contribution >= 4 is 5.84 Å². The molecule has 7 N–H and O–H groups in total. The molecule has 4 nitrogen and oxygen atoms in total. The van der Waals surface area contributed by atoms with Gasteiger partial charge in [-0.15, -0.1) is 0 Å².